The highest BCUT2D eigenvalue weighted by Gasteiger charge is 2.17. The number of nitrogens with zero attached hydrogens (tertiary/aromatic N) is 4. The second kappa shape index (κ2) is 5.61. The summed E-state index contributed by atoms with van der Waals surface area (Å²) in [6, 6.07) is 11.8. The van der Waals surface area contributed by atoms with Gasteiger partial charge in [0.1, 0.15) is 12.9 Å². The lowest BCUT2D eigenvalue weighted by Crippen LogP contribution is -2.07. The Bertz CT molecular complexity index is 1070. The number of benzene rings is 2. The van der Waals surface area contributed by atoms with Crippen LogP contribution in [-0.4, -0.2) is 19.1 Å². The number of hydrogen-bond acceptors (Lipinski definition) is 4. The van der Waals surface area contributed by atoms with Crippen molar-refractivity contribution in [3.8, 4) is 11.7 Å². The van der Waals surface area contributed by atoms with Crippen molar-refractivity contribution in [3.05, 3.63) is 71.3 Å². The van der Waals surface area contributed by atoms with Gasteiger partial charge in [-0.25, -0.2) is 9.97 Å². The van der Waals surface area contributed by atoms with E-state index in [0.29, 0.717) is 18.2 Å². The van der Waals surface area contributed by atoms with Crippen LogP contribution in [0.3, 0.4) is 0 Å². The number of aromatic nitrogens is 4. The van der Waals surface area contributed by atoms with Crippen LogP contribution < -0.4 is 4.89 Å². The predicted octanol–water partition coefficient (Wildman–Crippen LogP) is 3.75. The molecule has 0 aliphatic carbocycles. The minimum atomic E-state index is 0.486. The highest BCUT2D eigenvalue weighted by Crippen LogP contribution is 2.29. The Hall–Kier alpha value is -2.83. The predicted molar refractivity (Wildman–Crippen MR) is 92.8 cm³/mol. The van der Waals surface area contributed by atoms with Crippen LogP contribution in [0.25, 0.3) is 17.0 Å². The van der Waals surface area contributed by atoms with Crippen LogP contribution in [0, 0.1) is 0 Å². The fourth-order valence-electron chi connectivity index (χ4n) is 3.05. The fraction of sp³-hybridized carbons (Fsp3) is 0.111. The van der Waals surface area contributed by atoms with Crippen molar-refractivity contribution in [3.63, 3.8) is 0 Å². The first-order valence-electron chi connectivity index (χ1n) is 7.83. The van der Waals surface area contributed by atoms with Crippen molar-refractivity contribution in [2.75, 3.05) is 0 Å². The standard InChI is InChI=1S/C18H13ClN4O2/c19-14-3-4-15-16(8-14)23(18(21-15)22-6-5-20-11-22)9-12-1-2-13-10-24-25-17(13)7-12/h1-8,11H,9-10H2. The molecule has 0 atom stereocenters. The summed E-state index contributed by atoms with van der Waals surface area (Å²) in [6.07, 6.45) is 5.34. The van der Waals surface area contributed by atoms with Gasteiger partial charge in [-0.1, -0.05) is 23.7 Å². The SMILES string of the molecule is Clc1ccc2nc(-n3ccnc3)n(Cc3ccc4c(c3)OOC4)c2c1. The molecule has 124 valence electrons. The van der Waals surface area contributed by atoms with Crippen molar-refractivity contribution >= 4 is 22.6 Å². The molecule has 0 radical (unpaired) electrons. The van der Waals surface area contributed by atoms with E-state index in [1.165, 1.54) is 0 Å². The summed E-state index contributed by atoms with van der Waals surface area (Å²) in [6.45, 7) is 1.11. The van der Waals surface area contributed by atoms with E-state index in [1.54, 1.807) is 12.5 Å². The van der Waals surface area contributed by atoms with Crippen LogP contribution in [0.2, 0.25) is 5.02 Å². The summed E-state index contributed by atoms with van der Waals surface area (Å²) in [5.74, 6) is 1.55. The van der Waals surface area contributed by atoms with Gasteiger partial charge in [0.15, 0.2) is 5.75 Å². The Morgan fingerprint density at radius 2 is 2.12 bits per heavy atom. The van der Waals surface area contributed by atoms with E-state index >= 15 is 0 Å². The highest BCUT2D eigenvalue weighted by molar-refractivity contribution is 6.31. The molecule has 7 heteroatoms. The van der Waals surface area contributed by atoms with Gasteiger partial charge in [0.25, 0.3) is 0 Å². The first-order chi connectivity index (χ1) is 12.3. The first-order valence-corrected chi connectivity index (χ1v) is 8.21. The van der Waals surface area contributed by atoms with Crippen LogP contribution in [0.4, 0.5) is 0 Å². The van der Waals surface area contributed by atoms with Crippen LogP contribution in [0.15, 0.2) is 55.1 Å². The van der Waals surface area contributed by atoms with E-state index < -0.39 is 0 Å². The third-order valence-corrected chi connectivity index (χ3v) is 4.50. The molecule has 3 heterocycles. The fourth-order valence-corrected chi connectivity index (χ4v) is 3.21. The lowest BCUT2D eigenvalue weighted by molar-refractivity contribution is -0.194. The largest absolute Gasteiger partial charge is 0.337 e. The molecular weight excluding hydrogens is 340 g/mol. The molecule has 1 aliphatic rings. The lowest BCUT2D eigenvalue weighted by Gasteiger charge is -2.10. The number of rotatable bonds is 3. The minimum absolute atomic E-state index is 0.486. The van der Waals surface area contributed by atoms with Gasteiger partial charge in [0, 0.05) is 23.0 Å². The molecule has 1 aliphatic heterocycles. The Kier molecular flexibility index (Phi) is 3.26. The molecule has 6 nitrogen and oxygen atoms in total. The Morgan fingerprint density at radius 1 is 1.16 bits per heavy atom. The van der Waals surface area contributed by atoms with Crippen molar-refractivity contribution in [2.45, 2.75) is 13.2 Å². The molecular formula is C18H13ClN4O2. The second-order valence-corrected chi connectivity index (χ2v) is 6.32. The summed E-state index contributed by atoms with van der Waals surface area (Å²) >= 11 is 6.21. The molecule has 0 amide bonds. The zero-order valence-corrected chi connectivity index (χ0v) is 13.8. The van der Waals surface area contributed by atoms with E-state index in [1.807, 2.05) is 41.1 Å². The number of fused-ring (bicyclic) bond motifs is 2. The molecule has 2 aromatic carbocycles. The van der Waals surface area contributed by atoms with Gasteiger partial charge < -0.3 is 9.45 Å². The van der Waals surface area contributed by atoms with Gasteiger partial charge in [0.05, 0.1) is 17.6 Å². The quantitative estimate of drug-likeness (QED) is 0.527. The van der Waals surface area contributed by atoms with Crippen LogP contribution >= 0.6 is 11.6 Å². The zero-order chi connectivity index (χ0) is 16.8. The number of imidazole rings is 2. The maximum atomic E-state index is 6.21. The van der Waals surface area contributed by atoms with Gasteiger partial charge in [-0.05, 0) is 29.8 Å². The summed E-state index contributed by atoms with van der Waals surface area (Å²) in [4.78, 5) is 19.1. The lowest BCUT2D eigenvalue weighted by atomic mass is 10.1. The van der Waals surface area contributed by atoms with Crippen molar-refractivity contribution in [2.24, 2.45) is 0 Å². The van der Waals surface area contributed by atoms with Crippen LogP contribution in [-0.2, 0) is 18.0 Å². The van der Waals surface area contributed by atoms with Crippen LogP contribution in [0.5, 0.6) is 5.75 Å². The van der Waals surface area contributed by atoms with E-state index in [0.717, 1.165) is 33.9 Å². The average Bonchev–Trinajstić information content (AvgIpc) is 3.34. The molecule has 25 heavy (non-hydrogen) atoms. The molecule has 5 rings (SSSR count). The van der Waals surface area contributed by atoms with Gasteiger partial charge in [0.2, 0.25) is 5.95 Å². The van der Waals surface area contributed by atoms with Crippen LogP contribution in [0.1, 0.15) is 11.1 Å². The number of halogens is 1. The van der Waals surface area contributed by atoms with Crippen molar-refractivity contribution in [1.82, 2.24) is 19.1 Å². The summed E-state index contributed by atoms with van der Waals surface area (Å²) in [7, 11) is 0. The Labute approximate surface area is 148 Å². The smallest absolute Gasteiger partial charge is 0.216 e. The molecule has 0 bridgehead atoms. The Balaban J connectivity index is 1.66. The van der Waals surface area contributed by atoms with E-state index in [2.05, 4.69) is 15.6 Å². The molecule has 0 spiro atoms. The van der Waals surface area contributed by atoms with Gasteiger partial charge >= 0.3 is 0 Å². The molecule has 4 aromatic rings. The molecule has 0 fully saturated rings. The maximum Gasteiger partial charge on any atom is 0.216 e. The summed E-state index contributed by atoms with van der Waals surface area (Å²) in [5.41, 5.74) is 3.99. The van der Waals surface area contributed by atoms with Crippen molar-refractivity contribution < 1.29 is 9.78 Å². The molecule has 0 saturated heterocycles. The normalized spacial score (nSPS) is 13.2. The summed E-state index contributed by atoms with van der Waals surface area (Å²) < 4.78 is 4.00. The second-order valence-electron chi connectivity index (χ2n) is 5.89. The first kappa shape index (κ1) is 14.5. The van der Waals surface area contributed by atoms with E-state index in [4.69, 9.17) is 26.4 Å². The monoisotopic (exact) mass is 352 g/mol. The minimum Gasteiger partial charge on any atom is -0.337 e. The van der Waals surface area contributed by atoms with Gasteiger partial charge in [-0.2, -0.15) is 4.89 Å². The van der Waals surface area contributed by atoms with Gasteiger partial charge in [-0.15, -0.1) is 0 Å². The topological polar surface area (TPSA) is 54.1 Å². The molecule has 2 aromatic heterocycles. The highest BCUT2D eigenvalue weighted by atomic mass is 35.5. The third-order valence-electron chi connectivity index (χ3n) is 4.26. The molecule has 0 saturated carbocycles. The Morgan fingerprint density at radius 3 is 3.00 bits per heavy atom. The summed E-state index contributed by atoms with van der Waals surface area (Å²) in [5, 5.41) is 0.677. The average molecular weight is 353 g/mol. The molecule has 0 unspecified atom stereocenters. The van der Waals surface area contributed by atoms with E-state index in [-0.39, 0.29) is 0 Å². The van der Waals surface area contributed by atoms with Gasteiger partial charge in [-0.3, -0.25) is 4.57 Å². The van der Waals surface area contributed by atoms with E-state index in [9.17, 15) is 0 Å². The number of hydrogen-bond donors (Lipinski definition) is 0. The van der Waals surface area contributed by atoms with Crippen molar-refractivity contribution in [1.29, 1.82) is 0 Å². The molecule has 0 N–H and O–H groups in total. The zero-order valence-electron chi connectivity index (χ0n) is 13.1. The maximum absolute atomic E-state index is 6.21. The third kappa shape index (κ3) is 2.47.